The summed E-state index contributed by atoms with van der Waals surface area (Å²) in [5.74, 6) is 1.66. The summed E-state index contributed by atoms with van der Waals surface area (Å²) in [5, 5.41) is 2.87. The molecule has 3 rings (SSSR count). The average molecular weight is 353 g/mol. The highest BCUT2D eigenvalue weighted by Crippen LogP contribution is 2.27. The van der Waals surface area contributed by atoms with Crippen LogP contribution in [0.2, 0.25) is 0 Å². The van der Waals surface area contributed by atoms with Gasteiger partial charge in [-0.3, -0.25) is 4.79 Å². The molecule has 0 unspecified atom stereocenters. The molecule has 138 valence electrons. The van der Waals surface area contributed by atoms with Crippen molar-refractivity contribution in [1.29, 1.82) is 0 Å². The number of benzene rings is 1. The molecule has 0 radical (unpaired) electrons. The third kappa shape index (κ3) is 5.22. The molecule has 1 fully saturated rings. The number of aromatic nitrogens is 1. The molecule has 3 N–H and O–H groups in total. The second-order valence-corrected chi connectivity index (χ2v) is 6.91. The second-order valence-electron chi connectivity index (χ2n) is 6.91. The highest BCUT2D eigenvalue weighted by Gasteiger charge is 2.16. The molecular weight excluding hydrogens is 326 g/mol. The van der Waals surface area contributed by atoms with Gasteiger partial charge < -0.3 is 15.8 Å². The van der Waals surface area contributed by atoms with Crippen molar-refractivity contribution in [3.05, 3.63) is 48.2 Å². The Morgan fingerprint density at radius 2 is 1.96 bits per heavy atom. The second kappa shape index (κ2) is 9.22. The number of carbonyl (C=O) groups excluding carboxylic acids is 1. The Labute approximate surface area is 155 Å². The molecule has 1 saturated carbocycles. The van der Waals surface area contributed by atoms with Crippen LogP contribution in [-0.4, -0.2) is 17.5 Å². The quantitative estimate of drug-likeness (QED) is 0.732. The van der Waals surface area contributed by atoms with Crippen molar-refractivity contribution in [3.63, 3.8) is 0 Å². The van der Waals surface area contributed by atoms with Crippen LogP contribution >= 0.6 is 0 Å². The lowest BCUT2D eigenvalue weighted by Crippen LogP contribution is -2.18. The van der Waals surface area contributed by atoms with E-state index in [-0.39, 0.29) is 5.91 Å². The van der Waals surface area contributed by atoms with Gasteiger partial charge in [0.05, 0.1) is 6.61 Å². The molecule has 0 spiro atoms. The molecule has 5 heteroatoms. The van der Waals surface area contributed by atoms with Gasteiger partial charge in [-0.1, -0.05) is 37.5 Å². The Kier molecular flexibility index (Phi) is 6.47. The van der Waals surface area contributed by atoms with Crippen LogP contribution in [0.3, 0.4) is 0 Å². The van der Waals surface area contributed by atoms with Crippen molar-refractivity contribution in [1.82, 2.24) is 4.98 Å². The number of nitrogens with two attached hydrogens (primary N) is 1. The number of pyridine rings is 1. The van der Waals surface area contributed by atoms with E-state index in [1.807, 2.05) is 36.4 Å². The van der Waals surface area contributed by atoms with E-state index in [9.17, 15) is 4.79 Å². The number of rotatable bonds is 7. The molecule has 0 bridgehead atoms. The SMILES string of the molecule is Nc1ccccc1CCC(=O)Nc1ncccc1OCC1CCCCC1. The summed E-state index contributed by atoms with van der Waals surface area (Å²) in [6.45, 7) is 0.690. The number of nitrogens with one attached hydrogen (secondary N) is 1. The van der Waals surface area contributed by atoms with Gasteiger partial charge in [0.15, 0.2) is 11.6 Å². The van der Waals surface area contributed by atoms with Crippen molar-refractivity contribution in [3.8, 4) is 5.75 Å². The lowest BCUT2D eigenvalue weighted by Gasteiger charge is -2.22. The molecule has 1 aromatic heterocycles. The van der Waals surface area contributed by atoms with E-state index in [2.05, 4.69) is 10.3 Å². The van der Waals surface area contributed by atoms with E-state index in [1.54, 1.807) is 6.20 Å². The summed E-state index contributed by atoms with van der Waals surface area (Å²) in [7, 11) is 0. The number of hydrogen-bond acceptors (Lipinski definition) is 4. The number of ether oxygens (including phenoxy) is 1. The first-order valence-corrected chi connectivity index (χ1v) is 9.43. The Bertz CT molecular complexity index is 727. The Hall–Kier alpha value is -2.56. The zero-order chi connectivity index (χ0) is 18.2. The topological polar surface area (TPSA) is 77.2 Å². The maximum Gasteiger partial charge on any atom is 0.225 e. The van der Waals surface area contributed by atoms with E-state index in [4.69, 9.17) is 10.5 Å². The maximum absolute atomic E-state index is 12.3. The van der Waals surface area contributed by atoms with E-state index in [0.717, 1.165) is 11.3 Å². The smallest absolute Gasteiger partial charge is 0.225 e. The molecule has 1 amide bonds. The van der Waals surface area contributed by atoms with Crippen molar-refractivity contribution >= 4 is 17.4 Å². The van der Waals surface area contributed by atoms with Gasteiger partial charge in [0.25, 0.3) is 0 Å². The summed E-state index contributed by atoms with van der Waals surface area (Å²) in [5.41, 5.74) is 7.63. The van der Waals surface area contributed by atoms with Crippen LogP contribution in [0.25, 0.3) is 0 Å². The minimum absolute atomic E-state index is 0.0885. The van der Waals surface area contributed by atoms with Gasteiger partial charge in [-0.15, -0.1) is 0 Å². The number of nitrogen functional groups attached to an aromatic ring is 1. The van der Waals surface area contributed by atoms with Crippen LogP contribution in [0.1, 0.15) is 44.1 Å². The van der Waals surface area contributed by atoms with Gasteiger partial charge in [0.1, 0.15) is 0 Å². The fraction of sp³-hybridized carbons (Fsp3) is 0.429. The van der Waals surface area contributed by atoms with Crippen molar-refractivity contribution in [2.45, 2.75) is 44.9 Å². The molecule has 1 aliphatic carbocycles. The fourth-order valence-corrected chi connectivity index (χ4v) is 3.37. The fourth-order valence-electron chi connectivity index (χ4n) is 3.37. The number of carbonyl (C=O) groups is 1. The molecule has 0 aliphatic heterocycles. The van der Waals surface area contributed by atoms with Crippen molar-refractivity contribution in [2.24, 2.45) is 5.92 Å². The molecule has 26 heavy (non-hydrogen) atoms. The average Bonchev–Trinajstić information content (AvgIpc) is 2.67. The predicted molar refractivity (Wildman–Crippen MR) is 104 cm³/mol. The number of amides is 1. The monoisotopic (exact) mass is 353 g/mol. The van der Waals surface area contributed by atoms with Crippen molar-refractivity contribution < 1.29 is 9.53 Å². The van der Waals surface area contributed by atoms with Crippen LogP contribution in [-0.2, 0) is 11.2 Å². The third-order valence-electron chi connectivity index (χ3n) is 4.90. The van der Waals surface area contributed by atoms with Gasteiger partial charge in [0.2, 0.25) is 5.91 Å². The summed E-state index contributed by atoms with van der Waals surface area (Å²) in [6.07, 6.45) is 8.97. The number of nitrogens with zero attached hydrogens (tertiary/aromatic N) is 1. The van der Waals surface area contributed by atoms with Crippen LogP contribution in [0.4, 0.5) is 11.5 Å². The molecule has 1 aromatic carbocycles. The number of aryl methyl sites for hydroxylation is 1. The van der Waals surface area contributed by atoms with Gasteiger partial charge in [-0.2, -0.15) is 0 Å². The van der Waals surface area contributed by atoms with Crippen LogP contribution in [0.5, 0.6) is 5.75 Å². The minimum atomic E-state index is -0.0885. The number of anilines is 2. The van der Waals surface area contributed by atoms with Crippen molar-refractivity contribution in [2.75, 3.05) is 17.7 Å². The molecule has 1 aliphatic rings. The zero-order valence-electron chi connectivity index (χ0n) is 15.1. The summed E-state index contributed by atoms with van der Waals surface area (Å²) < 4.78 is 5.96. The normalized spacial score (nSPS) is 14.8. The molecular formula is C21H27N3O2. The summed E-state index contributed by atoms with van der Waals surface area (Å²) >= 11 is 0. The van der Waals surface area contributed by atoms with E-state index < -0.39 is 0 Å². The van der Waals surface area contributed by atoms with Crippen LogP contribution < -0.4 is 15.8 Å². The molecule has 0 atom stereocenters. The summed E-state index contributed by atoms with van der Waals surface area (Å²) in [4.78, 5) is 16.6. The minimum Gasteiger partial charge on any atom is -0.489 e. The van der Waals surface area contributed by atoms with E-state index >= 15 is 0 Å². The Morgan fingerprint density at radius 3 is 2.77 bits per heavy atom. The van der Waals surface area contributed by atoms with E-state index in [0.29, 0.717) is 36.9 Å². The van der Waals surface area contributed by atoms with Gasteiger partial charge >= 0.3 is 0 Å². The zero-order valence-corrected chi connectivity index (χ0v) is 15.1. The van der Waals surface area contributed by atoms with Gasteiger partial charge in [0, 0.05) is 18.3 Å². The number of hydrogen-bond donors (Lipinski definition) is 2. The Morgan fingerprint density at radius 1 is 1.15 bits per heavy atom. The highest BCUT2D eigenvalue weighted by molar-refractivity contribution is 5.91. The molecule has 5 nitrogen and oxygen atoms in total. The third-order valence-corrected chi connectivity index (χ3v) is 4.90. The summed E-state index contributed by atoms with van der Waals surface area (Å²) in [6, 6.07) is 11.3. The van der Waals surface area contributed by atoms with Crippen LogP contribution in [0.15, 0.2) is 42.6 Å². The largest absolute Gasteiger partial charge is 0.489 e. The maximum atomic E-state index is 12.3. The first-order chi connectivity index (χ1) is 12.7. The molecule has 0 saturated heterocycles. The van der Waals surface area contributed by atoms with E-state index in [1.165, 1.54) is 32.1 Å². The van der Waals surface area contributed by atoms with Gasteiger partial charge in [-0.25, -0.2) is 4.98 Å². The van der Waals surface area contributed by atoms with Gasteiger partial charge in [-0.05, 0) is 48.9 Å². The number of para-hydroxylation sites is 1. The molecule has 1 heterocycles. The first-order valence-electron chi connectivity index (χ1n) is 9.43. The highest BCUT2D eigenvalue weighted by atomic mass is 16.5. The standard InChI is InChI=1S/C21H27N3O2/c22-18-10-5-4-9-17(18)12-13-20(25)24-21-19(11-6-14-23-21)26-15-16-7-2-1-3-8-16/h4-6,9-11,14,16H,1-3,7-8,12-13,15,22H2,(H,23,24,25). The lowest BCUT2D eigenvalue weighted by molar-refractivity contribution is -0.116. The first kappa shape index (κ1) is 18.2. The van der Waals surface area contributed by atoms with Crippen LogP contribution in [0, 0.1) is 5.92 Å². The predicted octanol–water partition coefficient (Wildman–Crippen LogP) is 4.19. The lowest BCUT2D eigenvalue weighted by atomic mass is 9.90. The molecule has 2 aromatic rings. The Balaban J connectivity index is 1.53.